The number of hydrogen-bond acceptors (Lipinski definition) is 5. The maximum atomic E-state index is 12.6. The summed E-state index contributed by atoms with van der Waals surface area (Å²) < 4.78 is 10.5. The van der Waals surface area contributed by atoms with Crippen molar-refractivity contribution in [1.82, 2.24) is 20.4 Å². The van der Waals surface area contributed by atoms with E-state index in [-0.39, 0.29) is 24.0 Å². The highest BCUT2D eigenvalue weighted by molar-refractivity contribution is 5.75. The van der Waals surface area contributed by atoms with Gasteiger partial charge in [-0.15, -0.1) is 0 Å². The van der Waals surface area contributed by atoms with Crippen LogP contribution in [0.25, 0.3) is 0 Å². The summed E-state index contributed by atoms with van der Waals surface area (Å²) in [6.45, 7) is 2.58. The number of nitrogens with one attached hydrogen (secondary N) is 1. The molecule has 132 valence electrons. The maximum Gasteiger partial charge on any atom is 0.317 e. The van der Waals surface area contributed by atoms with Gasteiger partial charge in [-0.1, -0.05) is 35.5 Å². The first-order valence-corrected chi connectivity index (χ1v) is 8.77. The first kappa shape index (κ1) is 16.1. The van der Waals surface area contributed by atoms with Gasteiger partial charge in [0.1, 0.15) is 0 Å². The van der Waals surface area contributed by atoms with Crippen LogP contribution in [0.3, 0.4) is 0 Å². The molecule has 0 bridgehead atoms. The van der Waals surface area contributed by atoms with E-state index in [4.69, 9.17) is 9.26 Å². The molecule has 0 saturated carbocycles. The van der Waals surface area contributed by atoms with Gasteiger partial charge in [0.2, 0.25) is 6.39 Å². The van der Waals surface area contributed by atoms with Gasteiger partial charge in [0, 0.05) is 38.1 Å². The van der Waals surface area contributed by atoms with Crippen LogP contribution in [0.1, 0.15) is 36.1 Å². The van der Waals surface area contributed by atoms with E-state index in [9.17, 15) is 4.79 Å². The molecule has 3 unspecified atom stereocenters. The lowest BCUT2D eigenvalue weighted by Crippen LogP contribution is -2.41. The molecule has 25 heavy (non-hydrogen) atoms. The molecule has 1 aromatic carbocycles. The van der Waals surface area contributed by atoms with Crippen molar-refractivity contribution in [3.8, 4) is 0 Å². The molecule has 1 N–H and O–H groups in total. The second-order valence-electron chi connectivity index (χ2n) is 6.64. The summed E-state index contributed by atoms with van der Waals surface area (Å²) in [5.74, 6) is 0.852. The van der Waals surface area contributed by atoms with E-state index >= 15 is 0 Å². The van der Waals surface area contributed by atoms with Crippen LogP contribution in [-0.2, 0) is 4.74 Å². The molecule has 2 aliphatic heterocycles. The molecule has 2 aromatic rings. The summed E-state index contributed by atoms with van der Waals surface area (Å²) in [6, 6.07) is 10.2. The highest BCUT2D eigenvalue weighted by atomic mass is 16.5. The molecule has 2 aliphatic rings. The minimum atomic E-state index is -0.0533. The predicted octanol–water partition coefficient (Wildman–Crippen LogP) is 2.14. The number of aromatic nitrogens is 2. The van der Waals surface area contributed by atoms with Gasteiger partial charge >= 0.3 is 6.03 Å². The van der Waals surface area contributed by atoms with Crippen LogP contribution >= 0.6 is 0 Å². The Morgan fingerprint density at radius 3 is 2.80 bits per heavy atom. The number of carbonyl (C=O) groups excluding carboxylic acids is 1. The Morgan fingerprint density at radius 1 is 1.24 bits per heavy atom. The highest BCUT2D eigenvalue weighted by Crippen LogP contribution is 2.38. The van der Waals surface area contributed by atoms with Gasteiger partial charge in [-0.05, 0) is 18.4 Å². The third-order valence-corrected chi connectivity index (χ3v) is 5.05. The lowest BCUT2D eigenvalue weighted by atomic mass is 9.88. The predicted molar refractivity (Wildman–Crippen MR) is 90.2 cm³/mol. The van der Waals surface area contributed by atoms with Crippen LogP contribution in [0.4, 0.5) is 4.79 Å². The summed E-state index contributed by atoms with van der Waals surface area (Å²) >= 11 is 0. The largest absolute Gasteiger partial charge is 0.376 e. The van der Waals surface area contributed by atoms with Crippen molar-refractivity contribution >= 4 is 6.03 Å². The zero-order chi connectivity index (χ0) is 17.1. The van der Waals surface area contributed by atoms with Gasteiger partial charge in [0.05, 0.1) is 6.10 Å². The molecule has 2 amide bonds. The lowest BCUT2D eigenvalue weighted by Gasteiger charge is -2.19. The molecule has 1 aromatic heterocycles. The van der Waals surface area contributed by atoms with Crippen LogP contribution in [0.2, 0.25) is 0 Å². The van der Waals surface area contributed by atoms with Gasteiger partial charge in [0.15, 0.2) is 5.82 Å². The molecule has 0 radical (unpaired) electrons. The zero-order valence-corrected chi connectivity index (χ0v) is 14.0. The number of likely N-dealkylation sites (tertiary alicyclic amines) is 1. The van der Waals surface area contributed by atoms with Crippen molar-refractivity contribution in [1.29, 1.82) is 0 Å². The zero-order valence-electron chi connectivity index (χ0n) is 14.0. The lowest BCUT2D eigenvalue weighted by molar-refractivity contribution is 0.109. The second kappa shape index (κ2) is 7.23. The standard InChI is InChI=1S/C18H22N4O3/c23-18(19-9-14-7-4-8-24-14)22-10-15(13-5-2-1-3-6-13)16(11-22)17-20-12-25-21-17/h1-3,5-6,12,14-16H,4,7-11H2,(H,19,23). The minimum absolute atomic E-state index is 0.0367. The number of hydrogen-bond donors (Lipinski definition) is 1. The van der Waals surface area contributed by atoms with Crippen molar-refractivity contribution in [2.24, 2.45) is 0 Å². The van der Waals surface area contributed by atoms with Crippen LogP contribution in [0, 0.1) is 0 Å². The fourth-order valence-electron chi connectivity index (χ4n) is 3.73. The molecule has 0 spiro atoms. The summed E-state index contributed by atoms with van der Waals surface area (Å²) in [5, 5.41) is 7.01. The van der Waals surface area contributed by atoms with Crippen molar-refractivity contribution in [3.63, 3.8) is 0 Å². The number of nitrogens with zero attached hydrogens (tertiary/aromatic N) is 3. The average molecular weight is 342 g/mol. The fraction of sp³-hybridized carbons (Fsp3) is 0.500. The monoisotopic (exact) mass is 342 g/mol. The Hall–Kier alpha value is -2.41. The van der Waals surface area contributed by atoms with E-state index in [2.05, 4.69) is 27.6 Å². The van der Waals surface area contributed by atoms with Crippen LogP contribution < -0.4 is 5.32 Å². The van der Waals surface area contributed by atoms with Crippen molar-refractivity contribution in [2.45, 2.75) is 30.8 Å². The maximum absolute atomic E-state index is 12.6. The molecule has 7 nitrogen and oxygen atoms in total. The summed E-state index contributed by atoms with van der Waals surface area (Å²) in [4.78, 5) is 18.7. The Balaban J connectivity index is 1.46. The van der Waals surface area contributed by atoms with Gasteiger partial charge in [0.25, 0.3) is 0 Å². The van der Waals surface area contributed by atoms with E-state index in [1.807, 2.05) is 23.1 Å². The van der Waals surface area contributed by atoms with Gasteiger partial charge in [-0.25, -0.2) is 4.79 Å². The average Bonchev–Trinajstić information content (AvgIpc) is 3.41. The first-order chi connectivity index (χ1) is 12.3. The van der Waals surface area contributed by atoms with Crippen LogP contribution in [0.5, 0.6) is 0 Å². The first-order valence-electron chi connectivity index (χ1n) is 8.77. The molecular formula is C18H22N4O3. The summed E-state index contributed by atoms with van der Waals surface area (Å²) in [7, 11) is 0. The molecule has 0 aliphatic carbocycles. The van der Waals surface area contributed by atoms with Crippen molar-refractivity contribution < 1.29 is 14.1 Å². The quantitative estimate of drug-likeness (QED) is 0.921. The number of amides is 2. The number of carbonyl (C=O) groups is 1. The van der Waals surface area contributed by atoms with E-state index < -0.39 is 0 Å². The van der Waals surface area contributed by atoms with E-state index in [1.165, 1.54) is 12.0 Å². The third kappa shape index (κ3) is 3.51. The second-order valence-corrected chi connectivity index (χ2v) is 6.64. The number of ether oxygens (including phenoxy) is 1. The molecule has 3 atom stereocenters. The Morgan fingerprint density at radius 2 is 2.08 bits per heavy atom. The Labute approximate surface area is 146 Å². The molecule has 2 fully saturated rings. The van der Waals surface area contributed by atoms with Crippen LogP contribution in [0.15, 0.2) is 41.2 Å². The number of urea groups is 1. The highest BCUT2D eigenvalue weighted by Gasteiger charge is 2.39. The molecule has 3 heterocycles. The van der Waals surface area contributed by atoms with E-state index in [1.54, 1.807) is 0 Å². The smallest absolute Gasteiger partial charge is 0.317 e. The van der Waals surface area contributed by atoms with E-state index in [0.29, 0.717) is 25.5 Å². The molecular weight excluding hydrogens is 320 g/mol. The molecule has 2 saturated heterocycles. The fourth-order valence-corrected chi connectivity index (χ4v) is 3.73. The molecule has 7 heteroatoms. The van der Waals surface area contributed by atoms with Crippen molar-refractivity contribution in [2.75, 3.05) is 26.2 Å². The normalized spacial score (nSPS) is 26.1. The van der Waals surface area contributed by atoms with Crippen LogP contribution in [-0.4, -0.2) is 53.4 Å². The van der Waals surface area contributed by atoms with Crippen molar-refractivity contribution in [3.05, 3.63) is 48.1 Å². The molecule has 4 rings (SSSR count). The third-order valence-electron chi connectivity index (χ3n) is 5.05. The van der Waals surface area contributed by atoms with E-state index in [0.717, 1.165) is 19.4 Å². The minimum Gasteiger partial charge on any atom is -0.376 e. The Bertz CT molecular complexity index is 686. The summed E-state index contributed by atoms with van der Waals surface area (Å²) in [6.07, 6.45) is 3.57. The topological polar surface area (TPSA) is 80.5 Å². The van der Waals surface area contributed by atoms with Gasteiger partial charge < -0.3 is 19.5 Å². The van der Waals surface area contributed by atoms with Gasteiger partial charge in [-0.2, -0.15) is 4.98 Å². The number of rotatable bonds is 4. The Kier molecular flexibility index (Phi) is 4.65. The van der Waals surface area contributed by atoms with Gasteiger partial charge in [-0.3, -0.25) is 0 Å². The SMILES string of the molecule is O=C(NCC1CCCO1)N1CC(c2ccccc2)C(c2ncon2)C1. The summed E-state index contributed by atoms with van der Waals surface area (Å²) in [5.41, 5.74) is 1.19. The number of benzene rings is 1.